The summed E-state index contributed by atoms with van der Waals surface area (Å²) in [5.41, 5.74) is 0.523. The van der Waals surface area contributed by atoms with Gasteiger partial charge in [0.15, 0.2) is 0 Å². The van der Waals surface area contributed by atoms with E-state index in [-0.39, 0.29) is 43.0 Å². The molecule has 0 aliphatic carbocycles. The Hall–Kier alpha value is -3.26. The third kappa shape index (κ3) is 5.07. The lowest BCUT2D eigenvalue weighted by Crippen LogP contribution is -2.60. The van der Waals surface area contributed by atoms with Gasteiger partial charge in [0, 0.05) is 38.0 Å². The van der Waals surface area contributed by atoms with Crippen molar-refractivity contribution in [1.29, 1.82) is 0 Å². The molecular formula is C27H32FN3O4. The maximum atomic E-state index is 14.2. The predicted molar refractivity (Wildman–Crippen MR) is 129 cm³/mol. The van der Waals surface area contributed by atoms with E-state index in [4.69, 9.17) is 4.74 Å². The van der Waals surface area contributed by atoms with Gasteiger partial charge in [-0.2, -0.15) is 0 Å². The maximum Gasteiger partial charge on any atom is 0.256 e. The van der Waals surface area contributed by atoms with Crippen LogP contribution in [0.2, 0.25) is 0 Å². The fraction of sp³-hybridized carbons (Fsp3) is 0.444. The Morgan fingerprint density at radius 3 is 2.34 bits per heavy atom. The number of halogens is 1. The molecule has 3 amide bonds. The van der Waals surface area contributed by atoms with Gasteiger partial charge in [-0.1, -0.05) is 43.7 Å². The van der Waals surface area contributed by atoms with Crippen LogP contribution in [0.3, 0.4) is 0 Å². The first-order valence-corrected chi connectivity index (χ1v) is 12.1. The van der Waals surface area contributed by atoms with Gasteiger partial charge in [-0.25, -0.2) is 4.39 Å². The number of ether oxygens (including phenoxy) is 1. The molecule has 1 atom stereocenters. The molecule has 2 saturated heterocycles. The molecule has 2 aliphatic heterocycles. The molecule has 2 aromatic carbocycles. The summed E-state index contributed by atoms with van der Waals surface area (Å²) in [6, 6.07) is 12.4. The minimum absolute atomic E-state index is 0.0225. The van der Waals surface area contributed by atoms with E-state index in [2.05, 4.69) is 5.32 Å². The molecule has 2 heterocycles. The largest absolute Gasteiger partial charge is 0.354 e. The third-order valence-corrected chi connectivity index (χ3v) is 6.70. The number of nitrogens with one attached hydrogen (secondary N) is 1. The number of rotatable bonds is 5. The molecular weight excluding hydrogens is 449 g/mol. The lowest BCUT2D eigenvalue weighted by atomic mass is 9.96. The van der Waals surface area contributed by atoms with E-state index < -0.39 is 23.5 Å². The summed E-state index contributed by atoms with van der Waals surface area (Å²) < 4.78 is 20.4. The molecule has 7 nitrogen and oxygen atoms in total. The van der Waals surface area contributed by atoms with Crippen molar-refractivity contribution < 1.29 is 23.5 Å². The number of aryl methyl sites for hydroxylation is 1. The van der Waals surface area contributed by atoms with Crippen molar-refractivity contribution in [1.82, 2.24) is 15.1 Å². The fourth-order valence-electron chi connectivity index (χ4n) is 4.69. The van der Waals surface area contributed by atoms with Gasteiger partial charge < -0.3 is 15.0 Å². The van der Waals surface area contributed by atoms with E-state index in [0.29, 0.717) is 24.9 Å². The van der Waals surface area contributed by atoms with Crippen LogP contribution in [0.5, 0.6) is 0 Å². The number of nitrogens with zero attached hydrogens (tertiary/aromatic N) is 2. The summed E-state index contributed by atoms with van der Waals surface area (Å²) in [7, 11) is 0. The lowest BCUT2D eigenvalue weighted by Gasteiger charge is -2.44. The van der Waals surface area contributed by atoms with E-state index >= 15 is 0 Å². The zero-order valence-electron chi connectivity index (χ0n) is 20.4. The molecule has 0 saturated carbocycles. The van der Waals surface area contributed by atoms with Gasteiger partial charge >= 0.3 is 0 Å². The molecule has 1 spiro atoms. The van der Waals surface area contributed by atoms with Crippen molar-refractivity contribution in [3.05, 3.63) is 71.0 Å². The Balaban J connectivity index is 1.57. The van der Waals surface area contributed by atoms with E-state index in [9.17, 15) is 18.8 Å². The highest BCUT2D eigenvalue weighted by Gasteiger charge is 2.54. The molecule has 2 aliphatic rings. The van der Waals surface area contributed by atoms with Crippen LogP contribution in [0.4, 0.5) is 4.39 Å². The zero-order valence-corrected chi connectivity index (χ0v) is 20.4. The number of piperidine rings is 1. The van der Waals surface area contributed by atoms with Crippen LogP contribution in [-0.2, 0) is 9.53 Å². The van der Waals surface area contributed by atoms with Crippen molar-refractivity contribution in [2.24, 2.45) is 5.92 Å². The molecule has 4 rings (SSSR count). The zero-order chi connectivity index (χ0) is 25.2. The predicted octanol–water partition coefficient (Wildman–Crippen LogP) is 3.38. The average Bonchev–Trinajstić information content (AvgIpc) is 3.21. The smallest absolute Gasteiger partial charge is 0.256 e. The molecule has 0 radical (unpaired) electrons. The van der Waals surface area contributed by atoms with Gasteiger partial charge in [0.1, 0.15) is 17.6 Å². The minimum atomic E-state index is -1.01. The first-order valence-electron chi connectivity index (χ1n) is 12.1. The standard InChI is InChI=1S/C27H32FN3O4/c1-18(2)16-29-24(32)23-17-35-27(31(23)25(33)20-10-8-19(3)9-11-20)12-14-30(15-13-27)26(34)21-6-4-5-7-22(21)28/h4-11,18,23H,12-17H2,1-3H3,(H,29,32)/t23-/m0/s1. The third-order valence-electron chi connectivity index (χ3n) is 6.70. The van der Waals surface area contributed by atoms with Crippen molar-refractivity contribution in [2.45, 2.75) is 45.4 Å². The van der Waals surface area contributed by atoms with E-state index in [1.54, 1.807) is 34.1 Å². The van der Waals surface area contributed by atoms with Gasteiger partial charge in [0.05, 0.1) is 12.2 Å². The highest BCUT2D eigenvalue weighted by atomic mass is 19.1. The average molecular weight is 482 g/mol. The number of carbonyl (C=O) groups excluding carboxylic acids is 3. The summed E-state index contributed by atoms with van der Waals surface area (Å²) >= 11 is 0. The topological polar surface area (TPSA) is 79.0 Å². The van der Waals surface area contributed by atoms with E-state index in [1.807, 2.05) is 32.9 Å². The highest BCUT2D eigenvalue weighted by Crippen LogP contribution is 2.39. The molecule has 1 N–H and O–H groups in total. The summed E-state index contributed by atoms with van der Waals surface area (Å²) in [5, 5.41) is 2.93. The molecule has 8 heteroatoms. The monoisotopic (exact) mass is 481 g/mol. The summed E-state index contributed by atoms with van der Waals surface area (Å²) in [6.07, 6.45) is 0.664. The van der Waals surface area contributed by atoms with Gasteiger partial charge in [0.2, 0.25) is 5.91 Å². The quantitative estimate of drug-likeness (QED) is 0.710. The van der Waals surface area contributed by atoms with Gasteiger partial charge in [-0.05, 0) is 37.1 Å². The van der Waals surface area contributed by atoms with Crippen molar-refractivity contribution in [3.8, 4) is 0 Å². The van der Waals surface area contributed by atoms with Gasteiger partial charge in [0.25, 0.3) is 11.8 Å². The van der Waals surface area contributed by atoms with E-state index in [1.165, 1.54) is 12.1 Å². The Labute approximate surface area is 205 Å². The highest BCUT2D eigenvalue weighted by molar-refractivity contribution is 5.98. The Morgan fingerprint density at radius 1 is 1.06 bits per heavy atom. The van der Waals surface area contributed by atoms with Crippen LogP contribution in [0.25, 0.3) is 0 Å². The van der Waals surface area contributed by atoms with Crippen LogP contribution in [0.1, 0.15) is 53.0 Å². The molecule has 0 bridgehead atoms. The summed E-state index contributed by atoms with van der Waals surface area (Å²) in [6.45, 7) is 7.10. The maximum absolute atomic E-state index is 14.2. The Bertz CT molecular complexity index is 1090. The van der Waals surface area contributed by atoms with Crippen LogP contribution in [0, 0.1) is 18.7 Å². The second kappa shape index (κ2) is 10.2. The fourth-order valence-corrected chi connectivity index (χ4v) is 4.69. The van der Waals surface area contributed by atoms with Crippen molar-refractivity contribution in [2.75, 3.05) is 26.2 Å². The molecule has 0 aromatic heterocycles. The Kier molecular flexibility index (Phi) is 7.21. The summed E-state index contributed by atoms with van der Waals surface area (Å²) in [5.74, 6) is -1.21. The molecule has 186 valence electrons. The molecule has 0 unspecified atom stereocenters. The van der Waals surface area contributed by atoms with Crippen molar-refractivity contribution in [3.63, 3.8) is 0 Å². The number of hydrogen-bond donors (Lipinski definition) is 1. The molecule has 35 heavy (non-hydrogen) atoms. The van der Waals surface area contributed by atoms with Crippen LogP contribution in [0.15, 0.2) is 48.5 Å². The first-order chi connectivity index (χ1) is 16.7. The Morgan fingerprint density at radius 2 is 1.71 bits per heavy atom. The van der Waals surface area contributed by atoms with E-state index in [0.717, 1.165) is 5.56 Å². The molecule has 2 fully saturated rings. The number of carbonyl (C=O) groups is 3. The van der Waals surface area contributed by atoms with Crippen LogP contribution >= 0.6 is 0 Å². The van der Waals surface area contributed by atoms with Gasteiger partial charge in [-0.3, -0.25) is 19.3 Å². The van der Waals surface area contributed by atoms with Crippen LogP contribution in [-0.4, -0.2) is 65.5 Å². The summed E-state index contributed by atoms with van der Waals surface area (Å²) in [4.78, 5) is 42.8. The second-order valence-electron chi connectivity index (χ2n) is 9.73. The lowest BCUT2D eigenvalue weighted by molar-refractivity contribution is -0.128. The first kappa shape index (κ1) is 24.9. The normalized spacial score (nSPS) is 19.3. The number of likely N-dealkylation sites (tertiary alicyclic amines) is 1. The number of amides is 3. The van der Waals surface area contributed by atoms with Crippen molar-refractivity contribution >= 4 is 17.7 Å². The van der Waals surface area contributed by atoms with Crippen LogP contribution < -0.4 is 5.32 Å². The SMILES string of the molecule is Cc1ccc(C(=O)N2[C@H](C(=O)NCC(C)C)COC23CCN(C(=O)c2ccccc2F)CC3)cc1. The second-order valence-corrected chi connectivity index (χ2v) is 9.73. The molecule has 2 aromatic rings. The van der Waals surface area contributed by atoms with Gasteiger partial charge in [-0.15, -0.1) is 0 Å². The minimum Gasteiger partial charge on any atom is -0.354 e. The number of benzene rings is 2. The number of hydrogen-bond acceptors (Lipinski definition) is 4.